The zero-order chi connectivity index (χ0) is 19.2. The first-order valence-electron chi connectivity index (χ1n) is 8.96. The maximum atomic E-state index is 12.4. The topological polar surface area (TPSA) is 90.0 Å². The fourth-order valence-electron chi connectivity index (χ4n) is 2.87. The van der Waals surface area contributed by atoms with Crippen LogP contribution < -0.4 is 10.9 Å². The lowest BCUT2D eigenvalue weighted by Gasteiger charge is -2.07. The molecule has 0 aliphatic carbocycles. The smallest absolute Gasteiger partial charge is 0.349 e. The first-order chi connectivity index (χ1) is 13.1. The van der Waals surface area contributed by atoms with Gasteiger partial charge in [0.05, 0.1) is 12.7 Å². The quantitative estimate of drug-likeness (QED) is 0.694. The van der Waals surface area contributed by atoms with Crippen molar-refractivity contribution in [2.75, 3.05) is 5.32 Å². The molecule has 0 fully saturated rings. The largest absolute Gasteiger partial charge is 0.427 e. The van der Waals surface area contributed by atoms with Gasteiger partial charge < -0.3 is 9.73 Å². The van der Waals surface area contributed by atoms with E-state index in [1.54, 1.807) is 13.0 Å². The molecule has 0 bridgehead atoms. The number of carbonyl (C=O) groups is 1. The Labute approximate surface area is 157 Å². The molecule has 3 aromatic rings. The van der Waals surface area contributed by atoms with E-state index in [9.17, 15) is 9.59 Å². The second kappa shape index (κ2) is 8.44. The SMILES string of the molecule is CCn1ncc(NC(=O)c2c(C)cc(CCCc3ccccc3)oc2=O)n1. The van der Waals surface area contributed by atoms with Crippen molar-refractivity contribution in [2.24, 2.45) is 0 Å². The molecule has 0 aliphatic rings. The normalized spacial score (nSPS) is 10.7. The number of aromatic nitrogens is 3. The van der Waals surface area contributed by atoms with E-state index in [0.29, 0.717) is 30.1 Å². The molecule has 7 nitrogen and oxygen atoms in total. The van der Waals surface area contributed by atoms with Gasteiger partial charge in [0, 0.05) is 6.42 Å². The zero-order valence-electron chi connectivity index (χ0n) is 15.4. The predicted octanol–water partition coefficient (Wildman–Crippen LogP) is 2.99. The molecule has 0 unspecified atom stereocenters. The van der Waals surface area contributed by atoms with Crippen LogP contribution in [0.2, 0.25) is 0 Å². The molecular weight excluding hydrogens is 344 g/mol. The van der Waals surface area contributed by atoms with Gasteiger partial charge in [0.25, 0.3) is 5.91 Å². The molecule has 0 radical (unpaired) electrons. The van der Waals surface area contributed by atoms with Crippen molar-refractivity contribution >= 4 is 11.7 Å². The number of nitrogens with one attached hydrogen (secondary N) is 1. The molecule has 0 aliphatic heterocycles. The summed E-state index contributed by atoms with van der Waals surface area (Å²) in [6.45, 7) is 4.21. The third kappa shape index (κ3) is 4.69. The maximum absolute atomic E-state index is 12.4. The summed E-state index contributed by atoms with van der Waals surface area (Å²) < 4.78 is 5.35. The Hall–Kier alpha value is -3.22. The Morgan fingerprint density at radius 2 is 2.00 bits per heavy atom. The molecule has 1 amide bonds. The van der Waals surface area contributed by atoms with E-state index in [1.165, 1.54) is 16.6 Å². The predicted molar refractivity (Wildman–Crippen MR) is 102 cm³/mol. The molecule has 2 heterocycles. The Kier molecular flexibility index (Phi) is 5.80. The second-order valence-corrected chi connectivity index (χ2v) is 6.27. The van der Waals surface area contributed by atoms with Gasteiger partial charge in [-0.1, -0.05) is 30.3 Å². The van der Waals surface area contributed by atoms with Crippen molar-refractivity contribution in [3.8, 4) is 0 Å². The summed E-state index contributed by atoms with van der Waals surface area (Å²) in [6.07, 6.45) is 3.84. The van der Waals surface area contributed by atoms with Crippen LogP contribution in [0.15, 0.2) is 51.8 Å². The van der Waals surface area contributed by atoms with E-state index < -0.39 is 11.5 Å². The van der Waals surface area contributed by atoms with Crippen LogP contribution in [0, 0.1) is 6.92 Å². The summed E-state index contributed by atoms with van der Waals surface area (Å²) in [5.41, 5.74) is 1.19. The van der Waals surface area contributed by atoms with Gasteiger partial charge in [-0.15, -0.1) is 5.10 Å². The summed E-state index contributed by atoms with van der Waals surface area (Å²) in [5.74, 6) is 0.342. The summed E-state index contributed by atoms with van der Waals surface area (Å²) in [6, 6.07) is 11.9. The summed E-state index contributed by atoms with van der Waals surface area (Å²) >= 11 is 0. The lowest BCUT2D eigenvalue weighted by molar-refractivity contribution is 0.102. The lowest BCUT2D eigenvalue weighted by Crippen LogP contribution is -2.23. The van der Waals surface area contributed by atoms with Crippen LogP contribution >= 0.6 is 0 Å². The highest BCUT2D eigenvalue weighted by atomic mass is 16.4. The third-order valence-electron chi connectivity index (χ3n) is 4.22. The Morgan fingerprint density at radius 3 is 2.67 bits per heavy atom. The van der Waals surface area contributed by atoms with Gasteiger partial charge in [-0.2, -0.15) is 9.90 Å². The number of carbonyl (C=O) groups excluding carboxylic acids is 1. The summed E-state index contributed by atoms with van der Waals surface area (Å²) in [5, 5.41) is 10.7. The van der Waals surface area contributed by atoms with E-state index in [0.717, 1.165) is 12.8 Å². The van der Waals surface area contributed by atoms with Crippen molar-refractivity contribution in [1.29, 1.82) is 0 Å². The first kappa shape index (κ1) is 18.6. The van der Waals surface area contributed by atoms with E-state index in [2.05, 4.69) is 27.6 Å². The highest BCUT2D eigenvalue weighted by Gasteiger charge is 2.18. The molecule has 3 rings (SSSR count). The van der Waals surface area contributed by atoms with Crippen LogP contribution in [-0.2, 0) is 19.4 Å². The van der Waals surface area contributed by atoms with Crippen LogP contribution in [0.1, 0.15) is 40.6 Å². The molecule has 2 aromatic heterocycles. The number of nitrogens with zero attached hydrogens (tertiary/aromatic N) is 3. The molecule has 27 heavy (non-hydrogen) atoms. The van der Waals surface area contributed by atoms with Crippen molar-refractivity contribution in [2.45, 2.75) is 39.7 Å². The Morgan fingerprint density at radius 1 is 1.22 bits per heavy atom. The second-order valence-electron chi connectivity index (χ2n) is 6.27. The third-order valence-corrected chi connectivity index (χ3v) is 4.22. The minimum atomic E-state index is -0.634. The molecule has 0 saturated heterocycles. The number of hydrogen-bond acceptors (Lipinski definition) is 5. The molecule has 0 atom stereocenters. The first-order valence-corrected chi connectivity index (χ1v) is 8.96. The van der Waals surface area contributed by atoms with E-state index in [4.69, 9.17) is 4.42 Å². The number of rotatable bonds is 7. The minimum Gasteiger partial charge on any atom is -0.427 e. The lowest BCUT2D eigenvalue weighted by atomic mass is 10.1. The Bertz CT molecular complexity index is 976. The molecule has 0 saturated carbocycles. The molecule has 0 spiro atoms. The fraction of sp³-hybridized carbons (Fsp3) is 0.300. The number of anilines is 1. The van der Waals surface area contributed by atoms with Gasteiger partial charge in [0.15, 0.2) is 5.82 Å². The minimum absolute atomic E-state index is 0.00661. The number of hydrogen-bond donors (Lipinski definition) is 1. The number of aryl methyl sites for hydroxylation is 4. The Balaban J connectivity index is 1.66. The average Bonchev–Trinajstić information content (AvgIpc) is 3.09. The number of benzene rings is 1. The summed E-state index contributed by atoms with van der Waals surface area (Å²) in [4.78, 5) is 26.2. The zero-order valence-corrected chi connectivity index (χ0v) is 15.4. The van der Waals surface area contributed by atoms with Gasteiger partial charge >= 0.3 is 5.63 Å². The van der Waals surface area contributed by atoms with Crippen LogP contribution in [-0.4, -0.2) is 20.9 Å². The van der Waals surface area contributed by atoms with E-state index >= 15 is 0 Å². The van der Waals surface area contributed by atoms with Crippen LogP contribution in [0.4, 0.5) is 5.82 Å². The summed E-state index contributed by atoms with van der Waals surface area (Å²) in [7, 11) is 0. The van der Waals surface area contributed by atoms with Gasteiger partial charge in [-0.25, -0.2) is 4.79 Å². The van der Waals surface area contributed by atoms with Gasteiger partial charge in [0.2, 0.25) is 0 Å². The van der Waals surface area contributed by atoms with Crippen LogP contribution in [0.5, 0.6) is 0 Å². The monoisotopic (exact) mass is 366 g/mol. The van der Waals surface area contributed by atoms with Crippen molar-refractivity contribution in [3.63, 3.8) is 0 Å². The molecule has 7 heteroatoms. The molecule has 1 aromatic carbocycles. The van der Waals surface area contributed by atoms with Crippen LogP contribution in [0.3, 0.4) is 0 Å². The number of amides is 1. The maximum Gasteiger partial charge on any atom is 0.349 e. The van der Waals surface area contributed by atoms with Crippen LogP contribution in [0.25, 0.3) is 0 Å². The van der Waals surface area contributed by atoms with E-state index in [1.807, 2.05) is 25.1 Å². The van der Waals surface area contributed by atoms with Crippen molar-refractivity contribution in [3.05, 3.63) is 75.5 Å². The van der Waals surface area contributed by atoms with E-state index in [-0.39, 0.29) is 5.56 Å². The van der Waals surface area contributed by atoms with Gasteiger partial charge in [-0.3, -0.25) is 4.79 Å². The fourth-order valence-corrected chi connectivity index (χ4v) is 2.87. The van der Waals surface area contributed by atoms with Crippen molar-refractivity contribution in [1.82, 2.24) is 15.0 Å². The molecule has 1 N–H and O–H groups in total. The average molecular weight is 366 g/mol. The van der Waals surface area contributed by atoms with Gasteiger partial charge in [-0.05, 0) is 43.9 Å². The standard InChI is InChI=1S/C20H22N4O3/c1-3-24-21-13-17(23-24)22-19(25)18-14(2)12-16(27-20(18)26)11-7-10-15-8-5-4-6-9-15/h4-6,8-9,12-13H,3,7,10-11H2,1-2H3,(H,22,23,25). The van der Waals surface area contributed by atoms with Gasteiger partial charge in [0.1, 0.15) is 11.3 Å². The molecular formula is C20H22N4O3. The highest BCUT2D eigenvalue weighted by Crippen LogP contribution is 2.12. The molecule has 140 valence electrons. The highest BCUT2D eigenvalue weighted by molar-refractivity contribution is 6.04. The van der Waals surface area contributed by atoms with Crippen molar-refractivity contribution < 1.29 is 9.21 Å².